The molecule has 0 aromatic carbocycles. The summed E-state index contributed by atoms with van der Waals surface area (Å²) in [5, 5.41) is 9.08. The number of aliphatic hydroxyl groups is 1. The van der Waals surface area contributed by atoms with E-state index >= 15 is 0 Å². The number of rotatable bonds is 3. The van der Waals surface area contributed by atoms with E-state index < -0.39 is 0 Å². The van der Waals surface area contributed by atoms with Gasteiger partial charge in [0.15, 0.2) is 0 Å². The van der Waals surface area contributed by atoms with Crippen LogP contribution in [0.1, 0.15) is 30.5 Å². The normalized spacial score (nSPS) is 20.6. The molecule has 0 saturated carbocycles. The molecule has 0 atom stereocenters. The predicted octanol–water partition coefficient (Wildman–Crippen LogP) is 0.860. The summed E-state index contributed by atoms with van der Waals surface area (Å²) in [5.74, 6) is 1.17. The molecule has 0 amide bonds. The van der Waals surface area contributed by atoms with Crippen LogP contribution in [0.3, 0.4) is 0 Å². The summed E-state index contributed by atoms with van der Waals surface area (Å²) in [6.07, 6.45) is 7.62. The van der Waals surface area contributed by atoms with Crippen molar-refractivity contribution in [3.8, 4) is 0 Å². The van der Waals surface area contributed by atoms with Gasteiger partial charge in [0.25, 0.3) is 0 Å². The lowest BCUT2D eigenvalue weighted by Gasteiger charge is -2.27. The maximum absolute atomic E-state index is 9.08. The number of nitrogens with zero attached hydrogens (tertiary/aromatic N) is 4. The van der Waals surface area contributed by atoms with Crippen LogP contribution in [0, 0.1) is 0 Å². The highest BCUT2D eigenvalue weighted by atomic mass is 16.3. The summed E-state index contributed by atoms with van der Waals surface area (Å²) < 4.78 is 0. The molecule has 20 heavy (non-hydrogen) atoms. The fourth-order valence-electron chi connectivity index (χ4n) is 3.32. The Hall–Kier alpha value is -1.20. The first-order chi connectivity index (χ1) is 9.88. The average Bonchev–Trinajstić information content (AvgIpc) is 2.73. The molecule has 0 radical (unpaired) electrons. The molecule has 1 aliphatic carbocycles. The molecule has 1 saturated heterocycles. The van der Waals surface area contributed by atoms with Gasteiger partial charge in [0.2, 0.25) is 0 Å². The maximum atomic E-state index is 9.08. The van der Waals surface area contributed by atoms with Crippen LogP contribution < -0.4 is 4.90 Å². The van der Waals surface area contributed by atoms with Gasteiger partial charge in [-0.3, -0.25) is 4.90 Å². The highest BCUT2D eigenvalue weighted by molar-refractivity contribution is 5.49. The summed E-state index contributed by atoms with van der Waals surface area (Å²) in [4.78, 5) is 13.8. The van der Waals surface area contributed by atoms with Crippen molar-refractivity contribution in [2.75, 3.05) is 44.2 Å². The summed E-state index contributed by atoms with van der Waals surface area (Å²) in [5.41, 5.74) is 2.65. The molecule has 5 nitrogen and oxygen atoms in total. The number of aliphatic hydroxyl groups excluding tert-OH is 1. The van der Waals surface area contributed by atoms with Crippen LogP contribution >= 0.6 is 0 Å². The van der Waals surface area contributed by atoms with Crippen LogP contribution in [0.15, 0.2) is 6.33 Å². The highest BCUT2D eigenvalue weighted by Gasteiger charge is 2.21. The molecule has 3 rings (SSSR count). The van der Waals surface area contributed by atoms with Gasteiger partial charge >= 0.3 is 0 Å². The van der Waals surface area contributed by atoms with Crippen molar-refractivity contribution < 1.29 is 5.11 Å². The molecule has 2 aliphatic rings. The molecule has 0 unspecified atom stereocenters. The smallest absolute Gasteiger partial charge is 0.135 e. The molecular weight excluding hydrogens is 252 g/mol. The molecule has 2 heterocycles. The van der Waals surface area contributed by atoms with E-state index in [4.69, 9.17) is 5.11 Å². The number of aromatic nitrogens is 2. The van der Waals surface area contributed by atoms with E-state index in [1.54, 1.807) is 6.33 Å². The third kappa shape index (κ3) is 2.94. The van der Waals surface area contributed by atoms with Crippen LogP contribution in [-0.4, -0.2) is 59.3 Å². The fourth-order valence-corrected chi connectivity index (χ4v) is 3.32. The van der Waals surface area contributed by atoms with Gasteiger partial charge in [0.1, 0.15) is 12.1 Å². The molecule has 1 aromatic rings. The lowest BCUT2D eigenvalue weighted by Crippen LogP contribution is -2.33. The number of hydrogen-bond acceptors (Lipinski definition) is 5. The van der Waals surface area contributed by atoms with Crippen molar-refractivity contribution in [2.45, 2.75) is 32.1 Å². The van der Waals surface area contributed by atoms with E-state index in [2.05, 4.69) is 19.8 Å². The second-order valence-corrected chi connectivity index (χ2v) is 5.74. The quantitative estimate of drug-likeness (QED) is 0.887. The zero-order valence-corrected chi connectivity index (χ0v) is 12.1. The van der Waals surface area contributed by atoms with E-state index in [1.807, 2.05) is 0 Å². The second-order valence-electron chi connectivity index (χ2n) is 5.74. The van der Waals surface area contributed by atoms with Crippen molar-refractivity contribution in [2.24, 2.45) is 0 Å². The zero-order valence-electron chi connectivity index (χ0n) is 12.1. The molecule has 0 bridgehead atoms. The first-order valence-electron chi connectivity index (χ1n) is 7.79. The van der Waals surface area contributed by atoms with Crippen molar-refractivity contribution in [3.05, 3.63) is 17.6 Å². The van der Waals surface area contributed by atoms with Crippen LogP contribution in [0.5, 0.6) is 0 Å². The third-order valence-electron chi connectivity index (χ3n) is 4.41. The SMILES string of the molecule is OCCN1CCCN(c2ncnc3c2CCCC3)CC1. The van der Waals surface area contributed by atoms with Crippen molar-refractivity contribution in [3.63, 3.8) is 0 Å². The second kappa shape index (κ2) is 6.50. The number of aryl methyl sites for hydroxylation is 1. The third-order valence-corrected chi connectivity index (χ3v) is 4.41. The van der Waals surface area contributed by atoms with Crippen LogP contribution in [-0.2, 0) is 12.8 Å². The summed E-state index contributed by atoms with van der Waals surface area (Å²) in [6.45, 7) is 5.19. The minimum Gasteiger partial charge on any atom is -0.395 e. The summed E-state index contributed by atoms with van der Waals surface area (Å²) in [7, 11) is 0. The topological polar surface area (TPSA) is 52.5 Å². The lowest BCUT2D eigenvalue weighted by atomic mass is 9.96. The van der Waals surface area contributed by atoms with E-state index in [0.29, 0.717) is 0 Å². The van der Waals surface area contributed by atoms with E-state index in [1.165, 1.54) is 29.9 Å². The Morgan fingerprint density at radius 3 is 2.80 bits per heavy atom. The standard InChI is InChI=1S/C15H24N4O/c20-11-10-18-6-3-7-19(9-8-18)15-13-4-1-2-5-14(13)16-12-17-15/h12,20H,1-11H2. The molecule has 1 fully saturated rings. The lowest BCUT2D eigenvalue weighted by molar-refractivity contribution is 0.204. The van der Waals surface area contributed by atoms with Crippen molar-refractivity contribution in [1.82, 2.24) is 14.9 Å². The highest BCUT2D eigenvalue weighted by Crippen LogP contribution is 2.27. The molecular formula is C15H24N4O. The Morgan fingerprint density at radius 1 is 1.00 bits per heavy atom. The Kier molecular flexibility index (Phi) is 4.47. The first kappa shape index (κ1) is 13.8. The number of β-amino-alcohol motifs (C(OH)–C–C–N with tert-alkyl or cyclic N) is 1. The van der Waals surface area contributed by atoms with Crippen LogP contribution in [0.4, 0.5) is 5.82 Å². The molecule has 1 N–H and O–H groups in total. The van der Waals surface area contributed by atoms with Crippen LogP contribution in [0.2, 0.25) is 0 Å². The Bertz CT molecular complexity index is 451. The number of fused-ring (bicyclic) bond motifs is 1. The Balaban J connectivity index is 1.76. The predicted molar refractivity (Wildman–Crippen MR) is 79.0 cm³/mol. The largest absolute Gasteiger partial charge is 0.395 e. The molecule has 1 aromatic heterocycles. The van der Waals surface area contributed by atoms with Crippen molar-refractivity contribution >= 4 is 5.82 Å². The van der Waals surface area contributed by atoms with E-state index in [0.717, 1.165) is 52.0 Å². The molecule has 1 aliphatic heterocycles. The van der Waals surface area contributed by atoms with Gasteiger partial charge in [-0.2, -0.15) is 0 Å². The molecule has 110 valence electrons. The van der Waals surface area contributed by atoms with E-state index in [-0.39, 0.29) is 6.61 Å². The number of hydrogen-bond donors (Lipinski definition) is 1. The van der Waals surface area contributed by atoms with Gasteiger partial charge in [0.05, 0.1) is 6.61 Å². The Labute approximate surface area is 120 Å². The average molecular weight is 276 g/mol. The fraction of sp³-hybridized carbons (Fsp3) is 0.733. The monoisotopic (exact) mass is 276 g/mol. The zero-order chi connectivity index (χ0) is 13.8. The minimum atomic E-state index is 0.253. The van der Waals surface area contributed by atoms with Gasteiger partial charge in [-0.15, -0.1) is 0 Å². The Morgan fingerprint density at radius 2 is 1.90 bits per heavy atom. The first-order valence-corrected chi connectivity index (χ1v) is 7.79. The van der Waals surface area contributed by atoms with Crippen LogP contribution in [0.25, 0.3) is 0 Å². The summed E-state index contributed by atoms with van der Waals surface area (Å²) in [6, 6.07) is 0. The van der Waals surface area contributed by atoms with Gasteiger partial charge < -0.3 is 10.0 Å². The van der Waals surface area contributed by atoms with Gasteiger partial charge in [-0.05, 0) is 38.6 Å². The maximum Gasteiger partial charge on any atom is 0.135 e. The number of anilines is 1. The molecule has 5 heteroatoms. The van der Waals surface area contributed by atoms with Gasteiger partial charge in [0, 0.05) is 37.4 Å². The van der Waals surface area contributed by atoms with E-state index in [9.17, 15) is 0 Å². The van der Waals surface area contributed by atoms with Gasteiger partial charge in [-0.25, -0.2) is 9.97 Å². The molecule has 0 spiro atoms. The minimum absolute atomic E-state index is 0.253. The summed E-state index contributed by atoms with van der Waals surface area (Å²) >= 11 is 0. The van der Waals surface area contributed by atoms with Gasteiger partial charge in [-0.1, -0.05) is 0 Å². The van der Waals surface area contributed by atoms with Crippen molar-refractivity contribution in [1.29, 1.82) is 0 Å².